The van der Waals surface area contributed by atoms with Gasteiger partial charge in [0.25, 0.3) is 0 Å². The van der Waals surface area contributed by atoms with Gasteiger partial charge in [0, 0.05) is 22.8 Å². The number of hydrogen-bond donors (Lipinski definition) is 1. The van der Waals surface area contributed by atoms with E-state index in [2.05, 4.69) is 0 Å². The molecule has 0 atom stereocenters. The van der Waals surface area contributed by atoms with Gasteiger partial charge in [-0.2, -0.15) is 0 Å². The Bertz CT molecular complexity index is 523. The second-order valence-corrected chi connectivity index (χ2v) is 4.61. The lowest BCUT2D eigenvalue weighted by Gasteiger charge is -2.21. The minimum Gasteiger partial charge on any atom is -0.397 e. The van der Waals surface area contributed by atoms with Crippen molar-refractivity contribution in [2.75, 3.05) is 17.7 Å². The van der Waals surface area contributed by atoms with E-state index in [1.165, 1.54) is 0 Å². The van der Waals surface area contributed by atoms with Crippen molar-refractivity contribution in [1.29, 1.82) is 0 Å². The van der Waals surface area contributed by atoms with Crippen LogP contribution in [0, 0.1) is 0 Å². The predicted molar refractivity (Wildman–Crippen MR) is 75.4 cm³/mol. The van der Waals surface area contributed by atoms with Crippen LogP contribution in [0.15, 0.2) is 42.5 Å². The normalized spacial score (nSPS) is 10.3. The first-order valence-corrected chi connectivity index (χ1v) is 5.88. The number of nitrogens with two attached hydrogens (primary N) is 1. The van der Waals surface area contributed by atoms with Gasteiger partial charge in [-0.05, 0) is 42.5 Å². The summed E-state index contributed by atoms with van der Waals surface area (Å²) < 4.78 is 0. The number of halogens is 2. The highest BCUT2D eigenvalue weighted by Crippen LogP contribution is 2.31. The third-order valence-corrected chi connectivity index (χ3v) is 3.05. The lowest BCUT2D eigenvalue weighted by molar-refractivity contribution is 1.21. The van der Waals surface area contributed by atoms with E-state index in [1.807, 2.05) is 48.3 Å². The van der Waals surface area contributed by atoms with Crippen LogP contribution >= 0.6 is 23.2 Å². The zero-order valence-electron chi connectivity index (χ0n) is 9.32. The van der Waals surface area contributed by atoms with E-state index in [-0.39, 0.29) is 0 Å². The van der Waals surface area contributed by atoms with Crippen molar-refractivity contribution >= 4 is 40.3 Å². The number of rotatable bonds is 2. The molecule has 2 rings (SSSR count). The molecule has 0 aliphatic rings. The predicted octanol–water partition coefficient (Wildman–Crippen LogP) is 4.34. The Balaban J connectivity index is 2.36. The van der Waals surface area contributed by atoms with Crippen molar-refractivity contribution in [3.63, 3.8) is 0 Å². The van der Waals surface area contributed by atoms with Crippen LogP contribution < -0.4 is 10.6 Å². The lowest BCUT2D eigenvalue weighted by Crippen LogP contribution is -2.11. The molecular formula is C13H12Cl2N2. The molecule has 0 bridgehead atoms. The van der Waals surface area contributed by atoms with Gasteiger partial charge < -0.3 is 10.6 Å². The summed E-state index contributed by atoms with van der Waals surface area (Å²) in [5, 5.41) is 1.35. The molecule has 0 heterocycles. The molecule has 4 heteroatoms. The Morgan fingerprint density at radius 3 is 2.12 bits per heavy atom. The Hall–Kier alpha value is -1.38. The summed E-state index contributed by atoms with van der Waals surface area (Å²) in [4.78, 5) is 1.99. The van der Waals surface area contributed by atoms with Gasteiger partial charge in [-0.1, -0.05) is 23.2 Å². The fourth-order valence-corrected chi connectivity index (χ4v) is 1.94. The summed E-state index contributed by atoms with van der Waals surface area (Å²) in [5.41, 5.74) is 8.52. The molecule has 17 heavy (non-hydrogen) atoms. The minimum atomic E-state index is 0.635. The standard InChI is InChI=1S/C13H12Cl2N2/c1-17(11-5-2-9(14)3-6-11)13-7-4-10(15)8-12(13)16/h2-8H,16H2,1H3. The van der Waals surface area contributed by atoms with Crippen molar-refractivity contribution in [2.24, 2.45) is 0 Å². The van der Waals surface area contributed by atoms with Crippen LogP contribution in [-0.2, 0) is 0 Å². The number of benzene rings is 2. The summed E-state index contributed by atoms with van der Waals surface area (Å²) in [7, 11) is 1.95. The zero-order chi connectivity index (χ0) is 12.4. The topological polar surface area (TPSA) is 29.3 Å². The Morgan fingerprint density at radius 1 is 0.941 bits per heavy atom. The highest BCUT2D eigenvalue weighted by molar-refractivity contribution is 6.31. The second-order valence-electron chi connectivity index (χ2n) is 3.74. The van der Waals surface area contributed by atoms with Crippen molar-refractivity contribution in [3.05, 3.63) is 52.5 Å². The van der Waals surface area contributed by atoms with Gasteiger partial charge in [-0.15, -0.1) is 0 Å². The number of anilines is 3. The van der Waals surface area contributed by atoms with Gasteiger partial charge in [0.2, 0.25) is 0 Å². The smallest absolute Gasteiger partial charge is 0.0642 e. The quantitative estimate of drug-likeness (QED) is 0.820. The van der Waals surface area contributed by atoms with E-state index >= 15 is 0 Å². The maximum Gasteiger partial charge on any atom is 0.0642 e. The average Bonchev–Trinajstić information content (AvgIpc) is 2.29. The van der Waals surface area contributed by atoms with Crippen LogP contribution in [0.2, 0.25) is 10.0 Å². The largest absolute Gasteiger partial charge is 0.397 e. The minimum absolute atomic E-state index is 0.635. The highest BCUT2D eigenvalue weighted by Gasteiger charge is 2.07. The monoisotopic (exact) mass is 266 g/mol. The Morgan fingerprint density at radius 2 is 1.53 bits per heavy atom. The SMILES string of the molecule is CN(c1ccc(Cl)cc1)c1ccc(Cl)cc1N. The average molecular weight is 267 g/mol. The van der Waals surface area contributed by atoms with Gasteiger partial charge in [-0.25, -0.2) is 0 Å². The van der Waals surface area contributed by atoms with Crippen LogP contribution in [0.1, 0.15) is 0 Å². The maximum absolute atomic E-state index is 5.94. The van der Waals surface area contributed by atoms with E-state index in [0.29, 0.717) is 15.7 Å². The molecule has 0 saturated carbocycles. The van der Waals surface area contributed by atoms with E-state index in [9.17, 15) is 0 Å². The molecule has 0 saturated heterocycles. The van der Waals surface area contributed by atoms with Gasteiger partial charge in [0.1, 0.15) is 0 Å². The molecule has 0 unspecified atom stereocenters. The molecule has 0 radical (unpaired) electrons. The molecule has 2 N–H and O–H groups in total. The fourth-order valence-electron chi connectivity index (χ4n) is 1.63. The van der Waals surface area contributed by atoms with Gasteiger partial charge in [0.15, 0.2) is 0 Å². The third kappa shape index (κ3) is 2.65. The van der Waals surface area contributed by atoms with E-state index in [0.717, 1.165) is 11.4 Å². The summed E-state index contributed by atoms with van der Waals surface area (Å²) in [6.07, 6.45) is 0. The Kier molecular flexibility index (Phi) is 3.46. The molecule has 0 aliphatic carbocycles. The van der Waals surface area contributed by atoms with Gasteiger partial charge >= 0.3 is 0 Å². The van der Waals surface area contributed by atoms with E-state index < -0.39 is 0 Å². The van der Waals surface area contributed by atoms with Crippen LogP contribution in [-0.4, -0.2) is 7.05 Å². The molecule has 0 aromatic heterocycles. The molecule has 88 valence electrons. The zero-order valence-corrected chi connectivity index (χ0v) is 10.8. The lowest BCUT2D eigenvalue weighted by atomic mass is 10.2. The second kappa shape index (κ2) is 4.86. The molecular weight excluding hydrogens is 255 g/mol. The van der Waals surface area contributed by atoms with Crippen molar-refractivity contribution in [2.45, 2.75) is 0 Å². The maximum atomic E-state index is 5.94. The highest BCUT2D eigenvalue weighted by atomic mass is 35.5. The number of nitrogens with zero attached hydrogens (tertiary/aromatic N) is 1. The van der Waals surface area contributed by atoms with Crippen LogP contribution in [0.25, 0.3) is 0 Å². The summed E-state index contributed by atoms with van der Waals surface area (Å²) in [6, 6.07) is 13.0. The molecule has 0 amide bonds. The summed E-state index contributed by atoms with van der Waals surface area (Å²) in [6.45, 7) is 0. The van der Waals surface area contributed by atoms with Crippen LogP contribution in [0.5, 0.6) is 0 Å². The van der Waals surface area contributed by atoms with Crippen LogP contribution in [0.3, 0.4) is 0 Å². The Labute approximate surface area is 111 Å². The molecule has 2 nitrogen and oxygen atoms in total. The molecule has 2 aromatic rings. The van der Waals surface area contributed by atoms with E-state index in [4.69, 9.17) is 28.9 Å². The number of nitrogen functional groups attached to an aromatic ring is 1. The van der Waals surface area contributed by atoms with Crippen molar-refractivity contribution in [3.8, 4) is 0 Å². The first-order chi connectivity index (χ1) is 8.08. The summed E-state index contributed by atoms with van der Waals surface area (Å²) >= 11 is 11.7. The van der Waals surface area contributed by atoms with Crippen molar-refractivity contribution < 1.29 is 0 Å². The molecule has 0 aliphatic heterocycles. The van der Waals surface area contributed by atoms with Crippen LogP contribution in [0.4, 0.5) is 17.1 Å². The molecule has 0 fully saturated rings. The molecule has 2 aromatic carbocycles. The van der Waals surface area contributed by atoms with Gasteiger partial charge in [0.05, 0.1) is 11.4 Å². The fraction of sp³-hybridized carbons (Fsp3) is 0.0769. The number of hydrogen-bond acceptors (Lipinski definition) is 2. The first kappa shape index (κ1) is 12.1. The van der Waals surface area contributed by atoms with E-state index in [1.54, 1.807) is 6.07 Å². The first-order valence-electron chi connectivity index (χ1n) is 5.12. The molecule has 0 spiro atoms. The third-order valence-electron chi connectivity index (χ3n) is 2.56. The summed E-state index contributed by atoms with van der Waals surface area (Å²) in [5.74, 6) is 0. The van der Waals surface area contributed by atoms with Crippen molar-refractivity contribution in [1.82, 2.24) is 0 Å². The van der Waals surface area contributed by atoms with Gasteiger partial charge in [-0.3, -0.25) is 0 Å².